The van der Waals surface area contributed by atoms with Gasteiger partial charge in [-0.3, -0.25) is 0 Å². The molecule has 0 aromatic rings. The normalized spacial score (nSPS) is 40.3. The van der Waals surface area contributed by atoms with Crippen LogP contribution < -0.4 is 0 Å². The molecular formula is C21H32O4. The first-order chi connectivity index (χ1) is 11.8. The predicted octanol–water partition coefficient (Wildman–Crippen LogP) is 2.48. The van der Waals surface area contributed by atoms with Crippen LogP contribution in [0, 0.1) is 17.3 Å². The Kier molecular flexibility index (Phi) is 5.54. The van der Waals surface area contributed by atoms with Gasteiger partial charge in [0.2, 0.25) is 0 Å². The van der Waals surface area contributed by atoms with Crippen molar-refractivity contribution >= 4 is 0 Å². The third-order valence-electron chi connectivity index (χ3n) is 6.83. The van der Waals surface area contributed by atoms with Crippen LogP contribution in [-0.4, -0.2) is 45.3 Å². The lowest BCUT2D eigenvalue weighted by molar-refractivity contribution is -0.0237. The minimum atomic E-state index is -0.719. The van der Waals surface area contributed by atoms with E-state index in [9.17, 15) is 20.4 Å². The van der Waals surface area contributed by atoms with E-state index in [0.29, 0.717) is 18.8 Å². The number of aliphatic hydroxyl groups is 4. The van der Waals surface area contributed by atoms with Crippen LogP contribution >= 0.6 is 0 Å². The smallest absolute Gasteiger partial charge is 0.0804 e. The number of rotatable bonds is 4. The number of hydrogen-bond acceptors (Lipinski definition) is 4. The molecule has 0 aliphatic heterocycles. The summed E-state index contributed by atoms with van der Waals surface area (Å²) in [7, 11) is 0. The van der Waals surface area contributed by atoms with Crippen LogP contribution in [0.4, 0.5) is 0 Å². The van der Waals surface area contributed by atoms with E-state index in [1.165, 1.54) is 11.1 Å². The fraction of sp³-hybridized carbons (Fsp3) is 0.714. The molecule has 3 aliphatic carbocycles. The van der Waals surface area contributed by atoms with E-state index in [1.54, 1.807) is 0 Å². The zero-order chi connectivity index (χ0) is 18.2. The maximum Gasteiger partial charge on any atom is 0.0804 e. The largest absolute Gasteiger partial charge is 0.394 e. The summed E-state index contributed by atoms with van der Waals surface area (Å²) >= 11 is 0. The van der Waals surface area contributed by atoms with Crippen LogP contribution in [0.25, 0.3) is 0 Å². The molecule has 6 atom stereocenters. The van der Waals surface area contributed by atoms with Gasteiger partial charge in [-0.15, -0.1) is 0 Å². The van der Waals surface area contributed by atoms with Crippen molar-refractivity contribution in [3.05, 3.63) is 34.9 Å². The molecular weight excluding hydrogens is 316 g/mol. The summed E-state index contributed by atoms with van der Waals surface area (Å²) in [5.41, 5.74) is 3.48. The molecule has 0 unspecified atom stereocenters. The summed E-state index contributed by atoms with van der Waals surface area (Å²) in [5.74, 6) is 0.319. The maximum atomic E-state index is 10.4. The Balaban J connectivity index is 1.84. The van der Waals surface area contributed by atoms with Crippen molar-refractivity contribution in [1.29, 1.82) is 0 Å². The van der Waals surface area contributed by atoms with Crippen LogP contribution in [0.2, 0.25) is 0 Å². The monoisotopic (exact) mass is 348 g/mol. The molecule has 4 nitrogen and oxygen atoms in total. The molecule has 0 amide bonds. The first-order valence-corrected chi connectivity index (χ1v) is 9.58. The van der Waals surface area contributed by atoms with Gasteiger partial charge in [0.25, 0.3) is 0 Å². The highest BCUT2D eigenvalue weighted by molar-refractivity contribution is 5.37. The van der Waals surface area contributed by atoms with Gasteiger partial charge in [-0.2, -0.15) is 0 Å². The van der Waals surface area contributed by atoms with Gasteiger partial charge < -0.3 is 20.4 Å². The highest BCUT2D eigenvalue weighted by Gasteiger charge is 2.52. The fourth-order valence-corrected chi connectivity index (χ4v) is 5.36. The summed E-state index contributed by atoms with van der Waals surface area (Å²) in [6.07, 6.45) is 9.64. The zero-order valence-electron chi connectivity index (χ0n) is 15.4. The van der Waals surface area contributed by atoms with Crippen molar-refractivity contribution in [2.45, 2.75) is 70.7 Å². The van der Waals surface area contributed by atoms with E-state index >= 15 is 0 Å². The summed E-state index contributed by atoms with van der Waals surface area (Å²) in [4.78, 5) is 0. The molecule has 25 heavy (non-hydrogen) atoms. The maximum absolute atomic E-state index is 10.4. The van der Waals surface area contributed by atoms with Crippen molar-refractivity contribution in [3.8, 4) is 0 Å². The Morgan fingerprint density at radius 3 is 2.72 bits per heavy atom. The first kappa shape index (κ1) is 18.8. The second-order valence-electron chi connectivity index (χ2n) is 8.47. The summed E-state index contributed by atoms with van der Waals surface area (Å²) in [6, 6.07) is 0. The molecule has 4 N–H and O–H groups in total. The van der Waals surface area contributed by atoms with Gasteiger partial charge in [0.15, 0.2) is 0 Å². The van der Waals surface area contributed by atoms with Gasteiger partial charge in [0.05, 0.1) is 24.9 Å². The summed E-state index contributed by atoms with van der Waals surface area (Å²) in [5, 5.41) is 39.9. The van der Waals surface area contributed by atoms with Crippen LogP contribution in [0.3, 0.4) is 0 Å². The number of fused-ring (bicyclic) bond motifs is 1. The Labute approximate surface area is 150 Å². The fourth-order valence-electron chi connectivity index (χ4n) is 5.36. The van der Waals surface area contributed by atoms with Gasteiger partial charge >= 0.3 is 0 Å². The molecule has 0 spiro atoms. The van der Waals surface area contributed by atoms with Crippen LogP contribution in [0.5, 0.6) is 0 Å². The Morgan fingerprint density at radius 2 is 2.00 bits per heavy atom. The lowest BCUT2D eigenvalue weighted by Crippen LogP contribution is -2.42. The van der Waals surface area contributed by atoms with E-state index in [4.69, 9.17) is 0 Å². The SMILES string of the molecule is CC1=C(/C=C/C2=C[C@@H](O)C[C@]3(C)[C@@H]([C@H](O)CO)CC[C@@H]23)C[C@H](O)CC1. The van der Waals surface area contributed by atoms with Crippen LogP contribution in [0.1, 0.15) is 52.4 Å². The average molecular weight is 348 g/mol. The molecule has 0 saturated heterocycles. The van der Waals surface area contributed by atoms with E-state index < -0.39 is 12.2 Å². The van der Waals surface area contributed by atoms with Crippen LogP contribution in [0.15, 0.2) is 34.9 Å². The van der Waals surface area contributed by atoms with Crippen molar-refractivity contribution in [3.63, 3.8) is 0 Å². The molecule has 1 fully saturated rings. The summed E-state index contributed by atoms with van der Waals surface area (Å²) < 4.78 is 0. The van der Waals surface area contributed by atoms with Gasteiger partial charge in [-0.05, 0) is 73.8 Å². The highest BCUT2D eigenvalue weighted by Crippen LogP contribution is 2.57. The third kappa shape index (κ3) is 3.63. The lowest BCUT2D eigenvalue weighted by Gasteiger charge is -2.43. The molecule has 0 radical (unpaired) electrons. The lowest BCUT2D eigenvalue weighted by atomic mass is 9.63. The molecule has 1 saturated carbocycles. The standard InChI is InChI=1S/C21H32O4/c1-13-3-6-16(23)9-14(13)4-5-15-10-17(24)11-21(2)18(15)7-8-19(21)20(25)12-22/h4-5,10,16-20,22-25H,3,6-9,11-12H2,1-2H3/b5-4+/t16-,17-,18+,19-,20-,21+/m1/s1. The van der Waals surface area contributed by atoms with E-state index in [-0.39, 0.29) is 24.0 Å². The third-order valence-corrected chi connectivity index (χ3v) is 6.83. The Bertz CT molecular complexity index is 591. The first-order valence-electron chi connectivity index (χ1n) is 9.58. The molecule has 0 aromatic carbocycles. The molecule has 0 bridgehead atoms. The van der Waals surface area contributed by atoms with Crippen LogP contribution in [-0.2, 0) is 0 Å². The van der Waals surface area contributed by atoms with E-state index in [2.05, 4.69) is 26.0 Å². The highest BCUT2D eigenvalue weighted by atomic mass is 16.3. The predicted molar refractivity (Wildman–Crippen MR) is 97.8 cm³/mol. The molecule has 4 heteroatoms. The minimum Gasteiger partial charge on any atom is -0.394 e. The summed E-state index contributed by atoms with van der Waals surface area (Å²) in [6.45, 7) is 4.05. The van der Waals surface area contributed by atoms with Crippen molar-refractivity contribution < 1.29 is 20.4 Å². The minimum absolute atomic E-state index is 0.0201. The van der Waals surface area contributed by atoms with Gasteiger partial charge in [-0.1, -0.05) is 30.7 Å². The van der Waals surface area contributed by atoms with Gasteiger partial charge in [0.1, 0.15) is 0 Å². The quantitative estimate of drug-likeness (QED) is 0.629. The molecule has 3 aliphatic rings. The van der Waals surface area contributed by atoms with E-state index in [1.807, 2.05) is 6.08 Å². The molecule has 0 aromatic heterocycles. The van der Waals surface area contributed by atoms with E-state index in [0.717, 1.165) is 31.3 Å². The van der Waals surface area contributed by atoms with Gasteiger partial charge in [0, 0.05) is 0 Å². The molecule has 0 heterocycles. The molecule has 140 valence electrons. The number of aliphatic hydroxyl groups excluding tert-OH is 4. The Hall–Kier alpha value is -0.940. The van der Waals surface area contributed by atoms with Gasteiger partial charge in [-0.25, -0.2) is 0 Å². The van der Waals surface area contributed by atoms with Crippen molar-refractivity contribution in [2.75, 3.05) is 6.61 Å². The average Bonchev–Trinajstić information content (AvgIpc) is 2.91. The number of hydrogen-bond donors (Lipinski definition) is 4. The Morgan fingerprint density at radius 1 is 1.24 bits per heavy atom. The zero-order valence-corrected chi connectivity index (χ0v) is 15.4. The van der Waals surface area contributed by atoms with Crippen molar-refractivity contribution in [1.82, 2.24) is 0 Å². The second-order valence-corrected chi connectivity index (χ2v) is 8.47. The van der Waals surface area contributed by atoms with Crippen molar-refractivity contribution in [2.24, 2.45) is 17.3 Å². The second kappa shape index (κ2) is 7.36. The molecule has 3 rings (SSSR count). The number of allylic oxidation sites excluding steroid dienone is 4. The topological polar surface area (TPSA) is 80.9 Å².